The summed E-state index contributed by atoms with van der Waals surface area (Å²) in [7, 11) is 3.64. The van der Waals surface area contributed by atoms with E-state index in [-0.39, 0.29) is 0 Å². The van der Waals surface area contributed by atoms with Gasteiger partial charge in [-0.25, -0.2) is 0 Å². The standard InChI is InChI=1S/C10H10ClNO/c1-12-4-3-7-5-8(11)6-9(13-2)10(7)12/h3-6H,1-2H3. The van der Waals surface area contributed by atoms with Crippen molar-refractivity contribution in [2.24, 2.45) is 7.05 Å². The van der Waals surface area contributed by atoms with Crippen molar-refractivity contribution in [1.82, 2.24) is 4.57 Å². The average Bonchev–Trinajstić information content (AvgIpc) is 2.46. The van der Waals surface area contributed by atoms with Gasteiger partial charge in [-0.3, -0.25) is 0 Å². The fraction of sp³-hybridized carbons (Fsp3) is 0.200. The third-order valence-electron chi connectivity index (χ3n) is 2.12. The van der Waals surface area contributed by atoms with Crippen LogP contribution in [0.3, 0.4) is 0 Å². The molecule has 0 N–H and O–H groups in total. The maximum atomic E-state index is 5.92. The SMILES string of the molecule is COc1cc(Cl)cc2ccn(C)c12. The van der Waals surface area contributed by atoms with E-state index in [4.69, 9.17) is 16.3 Å². The highest BCUT2D eigenvalue weighted by atomic mass is 35.5. The summed E-state index contributed by atoms with van der Waals surface area (Å²) in [5.74, 6) is 0.815. The summed E-state index contributed by atoms with van der Waals surface area (Å²) in [6.45, 7) is 0. The number of fused-ring (bicyclic) bond motifs is 1. The summed E-state index contributed by atoms with van der Waals surface area (Å²) in [5.41, 5.74) is 1.08. The fourth-order valence-corrected chi connectivity index (χ4v) is 1.74. The number of methoxy groups -OCH3 is 1. The molecule has 3 heteroatoms. The molecule has 2 aromatic rings. The summed E-state index contributed by atoms with van der Waals surface area (Å²) in [6, 6.07) is 5.77. The van der Waals surface area contributed by atoms with E-state index in [9.17, 15) is 0 Å². The van der Waals surface area contributed by atoms with E-state index in [1.807, 2.05) is 36.0 Å². The van der Waals surface area contributed by atoms with Gasteiger partial charge < -0.3 is 9.30 Å². The maximum absolute atomic E-state index is 5.92. The molecule has 0 unspecified atom stereocenters. The van der Waals surface area contributed by atoms with Gasteiger partial charge in [0.15, 0.2) is 0 Å². The van der Waals surface area contributed by atoms with Crippen molar-refractivity contribution in [2.75, 3.05) is 7.11 Å². The van der Waals surface area contributed by atoms with Crippen LogP contribution in [0.15, 0.2) is 24.4 Å². The van der Waals surface area contributed by atoms with Crippen LogP contribution in [0, 0.1) is 0 Å². The number of hydrogen-bond acceptors (Lipinski definition) is 1. The molecule has 68 valence electrons. The molecule has 0 fully saturated rings. The Morgan fingerprint density at radius 1 is 1.38 bits per heavy atom. The third kappa shape index (κ3) is 1.27. The Morgan fingerprint density at radius 2 is 2.15 bits per heavy atom. The fourth-order valence-electron chi connectivity index (χ4n) is 1.52. The molecule has 0 saturated heterocycles. The maximum Gasteiger partial charge on any atom is 0.144 e. The first-order valence-electron chi connectivity index (χ1n) is 4.01. The molecule has 0 saturated carbocycles. The topological polar surface area (TPSA) is 14.2 Å². The first-order chi connectivity index (χ1) is 6.22. The van der Waals surface area contributed by atoms with Crippen molar-refractivity contribution in [1.29, 1.82) is 0 Å². The van der Waals surface area contributed by atoms with Crippen LogP contribution in [0.5, 0.6) is 5.75 Å². The van der Waals surface area contributed by atoms with Gasteiger partial charge in [-0.05, 0) is 12.1 Å². The van der Waals surface area contributed by atoms with E-state index in [1.165, 1.54) is 0 Å². The Morgan fingerprint density at radius 3 is 2.85 bits per heavy atom. The molecule has 1 heterocycles. The summed E-state index contributed by atoms with van der Waals surface area (Å²) in [5, 5.41) is 1.81. The molecule has 2 rings (SSSR count). The molecule has 0 atom stereocenters. The Bertz CT molecular complexity index is 447. The minimum atomic E-state index is 0.704. The van der Waals surface area contributed by atoms with Gasteiger partial charge in [-0.1, -0.05) is 11.6 Å². The molecule has 0 aliphatic heterocycles. The lowest BCUT2D eigenvalue weighted by Crippen LogP contribution is -1.90. The summed E-state index contributed by atoms with van der Waals surface area (Å²) < 4.78 is 7.26. The number of nitrogens with zero attached hydrogens (tertiary/aromatic N) is 1. The zero-order valence-electron chi connectivity index (χ0n) is 7.54. The number of aromatic nitrogens is 1. The van der Waals surface area contributed by atoms with E-state index >= 15 is 0 Å². The molecule has 0 amide bonds. The van der Waals surface area contributed by atoms with Gasteiger partial charge in [-0.15, -0.1) is 0 Å². The quantitative estimate of drug-likeness (QED) is 0.683. The molecule has 13 heavy (non-hydrogen) atoms. The lowest BCUT2D eigenvalue weighted by atomic mass is 10.2. The number of rotatable bonds is 1. The molecular formula is C10H10ClNO. The Kier molecular flexibility index (Phi) is 1.93. The van der Waals surface area contributed by atoms with Crippen molar-refractivity contribution >= 4 is 22.5 Å². The largest absolute Gasteiger partial charge is 0.494 e. The predicted octanol–water partition coefficient (Wildman–Crippen LogP) is 2.84. The Balaban J connectivity index is 2.85. The second-order valence-electron chi connectivity index (χ2n) is 2.97. The van der Waals surface area contributed by atoms with Gasteiger partial charge in [0, 0.05) is 29.7 Å². The molecule has 0 aliphatic carbocycles. The highest BCUT2D eigenvalue weighted by molar-refractivity contribution is 6.31. The van der Waals surface area contributed by atoms with Crippen LogP contribution in [0.1, 0.15) is 0 Å². The van der Waals surface area contributed by atoms with Crippen molar-refractivity contribution in [3.63, 3.8) is 0 Å². The van der Waals surface area contributed by atoms with E-state index in [2.05, 4.69) is 0 Å². The monoisotopic (exact) mass is 195 g/mol. The number of ether oxygens (including phenoxy) is 1. The van der Waals surface area contributed by atoms with Crippen molar-refractivity contribution in [2.45, 2.75) is 0 Å². The summed E-state index contributed by atoms with van der Waals surface area (Å²) in [6.07, 6.45) is 1.99. The minimum Gasteiger partial charge on any atom is -0.494 e. The van der Waals surface area contributed by atoms with Gasteiger partial charge >= 0.3 is 0 Å². The number of aryl methyl sites for hydroxylation is 1. The van der Waals surface area contributed by atoms with Crippen molar-refractivity contribution < 1.29 is 4.74 Å². The molecule has 2 nitrogen and oxygen atoms in total. The Labute approximate surface area is 81.7 Å². The van der Waals surface area contributed by atoms with Crippen molar-refractivity contribution in [3.8, 4) is 5.75 Å². The second-order valence-corrected chi connectivity index (χ2v) is 3.41. The Hall–Kier alpha value is -1.15. The molecule has 0 aliphatic rings. The van der Waals surface area contributed by atoms with E-state index in [1.54, 1.807) is 7.11 Å². The first kappa shape index (κ1) is 8.45. The van der Waals surface area contributed by atoms with E-state index in [0.29, 0.717) is 5.02 Å². The van der Waals surface area contributed by atoms with Gasteiger partial charge in [0.1, 0.15) is 5.75 Å². The van der Waals surface area contributed by atoms with Crippen LogP contribution in [0.2, 0.25) is 5.02 Å². The predicted molar refractivity (Wildman–Crippen MR) is 54.5 cm³/mol. The van der Waals surface area contributed by atoms with E-state index < -0.39 is 0 Å². The highest BCUT2D eigenvalue weighted by Gasteiger charge is 2.06. The van der Waals surface area contributed by atoms with Crippen LogP contribution >= 0.6 is 11.6 Å². The van der Waals surface area contributed by atoms with E-state index in [0.717, 1.165) is 16.7 Å². The van der Waals surface area contributed by atoms with Gasteiger partial charge in [0.2, 0.25) is 0 Å². The molecule has 0 bridgehead atoms. The number of halogens is 1. The lowest BCUT2D eigenvalue weighted by molar-refractivity contribution is 0.418. The molecule has 0 spiro atoms. The van der Waals surface area contributed by atoms with Crippen LogP contribution in [-0.4, -0.2) is 11.7 Å². The first-order valence-corrected chi connectivity index (χ1v) is 4.39. The highest BCUT2D eigenvalue weighted by Crippen LogP contribution is 2.29. The van der Waals surface area contributed by atoms with Gasteiger partial charge in [0.05, 0.1) is 12.6 Å². The van der Waals surface area contributed by atoms with Gasteiger partial charge in [0.25, 0.3) is 0 Å². The lowest BCUT2D eigenvalue weighted by Gasteiger charge is -2.04. The zero-order valence-corrected chi connectivity index (χ0v) is 8.30. The van der Waals surface area contributed by atoms with Crippen molar-refractivity contribution in [3.05, 3.63) is 29.4 Å². The molecule has 1 aromatic carbocycles. The van der Waals surface area contributed by atoms with Gasteiger partial charge in [-0.2, -0.15) is 0 Å². The van der Waals surface area contributed by atoms with Crippen LogP contribution in [0.25, 0.3) is 10.9 Å². The zero-order chi connectivity index (χ0) is 9.42. The molecule has 0 radical (unpaired) electrons. The van der Waals surface area contributed by atoms with Crippen LogP contribution in [0.4, 0.5) is 0 Å². The summed E-state index contributed by atoms with van der Waals surface area (Å²) in [4.78, 5) is 0. The smallest absolute Gasteiger partial charge is 0.144 e. The van der Waals surface area contributed by atoms with Crippen LogP contribution in [-0.2, 0) is 7.05 Å². The minimum absolute atomic E-state index is 0.704. The molecule has 1 aromatic heterocycles. The molecular weight excluding hydrogens is 186 g/mol. The average molecular weight is 196 g/mol. The second kappa shape index (κ2) is 2.96. The number of benzene rings is 1. The number of hydrogen-bond donors (Lipinski definition) is 0. The van der Waals surface area contributed by atoms with Crippen LogP contribution < -0.4 is 4.74 Å². The normalized spacial score (nSPS) is 10.7. The third-order valence-corrected chi connectivity index (χ3v) is 2.34. The summed E-state index contributed by atoms with van der Waals surface area (Å²) >= 11 is 5.92.